The fraction of sp³-hybridized carbons (Fsp3) is 0.818. The number of hydrogen-bond donors (Lipinski definition) is 3. The highest BCUT2D eigenvalue weighted by molar-refractivity contribution is 5.82. The first-order valence-electron chi connectivity index (χ1n) is 6.08. The van der Waals surface area contributed by atoms with E-state index in [1.807, 2.05) is 6.92 Å². The molecule has 0 unspecified atom stereocenters. The second-order valence-electron chi connectivity index (χ2n) is 4.45. The SMILES string of the molecule is CCC[C@H](NC(=O)N1CCC(N)CC1)C(=O)O. The molecule has 0 bridgehead atoms. The minimum absolute atomic E-state index is 0.157. The van der Waals surface area contributed by atoms with E-state index in [1.165, 1.54) is 0 Å². The maximum Gasteiger partial charge on any atom is 0.326 e. The van der Waals surface area contributed by atoms with Gasteiger partial charge in [0, 0.05) is 19.1 Å². The third-order valence-electron chi connectivity index (χ3n) is 3.00. The minimum atomic E-state index is -0.978. The van der Waals surface area contributed by atoms with Crippen molar-refractivity contribution in [1.82, 2.24) is 10.2 Å². The number of carboxylic acids is 1. The number of carboxylic acid groups (broad SMARTS) is 1. The van der Waals surface area contributed by atoms with Crippen LogP contribution in [0.15, 0.2) is 0 Å². The van der Waals surface area contributed by atoms with Crippen molar-refractivity contribution in [2.45, 2.75) is 44.7 Å². The van der Waals surface area contributed by atoms with E-state index >= 15 is 0 Å². The summed E-state index contributed by atoms with van der Waals surface area (Å²) in [5.41, 5.74) is 5.74. The topological polar surface area (TPSA) is 95.7 Å². The van der Waals surface area contributed by atoms with Crippen molar-refractivity contribution in [2.24, 2.45) is 5.73 Å². The van der Waals surface area contributed by atoms with Crippen LogP contribution in [0.2, 0.25) is 0 Å². The monoisotopic (exact) mass is 243 g/mol. The molecular formula is C11H21N3O3. The van der Waals surface area contributed by atoms with Crippen molar-refractivity contribution in [1.29, 1.82) is 0 Å². The predicted molar refractivity (Wildman–Crippen MR) is 63.6 cm³/mol. The number of hydrogen-bond acceptors (Lipinski definition) is 3. The summed E-state index contributed by atoms with van der Waals surface area (Å²) in [6, 6.07) is -0.925. The van der Waals surface area contributed by atoms with Crippen LogP contribution in [0.25, 0.3) is 0 Å². The van der Waals surface area contributed by atoms with E-state index in [0.29, 0.717) is 19.5 Å². The number of rotatable bonds is 4. The van der Waals surface area contributed by atoms with Gasteiger partial charge in [0.05, 0.1) is 0 Å². The normalized spacial score (nSPS) is 18.8. The fourth-order valence-corrected chi connectivity index (χ4v) is 1.89. The molecule has 0 spiro atoms. The third kappa shape index (κ3) is 4.22. The number of aliphatic carboxylic acids is 1. The van der Waals surface area contributed by atoms with Gasteiger partial charge in [-0.05, 0) is 19.3 Å². The van der Waals surface area contributed by atoms with Gasteiger partial charge in [-0.2, -0.15) is 0 Å². The first-order chi connectivity index (χ1) is 8.04. The van der Waals surface area contributed by atoms with Crippen molar-refractivity contribution < 1.29 is 14.7 Å². The van der Waals surface area contributed by atoms with Crippen molar-refractivity contribution in [3.05, 3.63) is 0 Å². The molecule has 6 heteroatoms. The Labute approximate surface area is 101 Å². The third-order valence-corrected chi connectivity index (χ3v) is 3.00. The van der Waals surface area contributed by atoms with E-state index in [9.17, 15) is 9.59 Å². The van der Waals surface area contributed by atoms with Crippen LogP contribution in [0.4, 0.5) is 4.79 Å². The van der Waals surface area contributed by atoms with Crippen molar-refractivity contribution in [3.63, 3.8) is 0 Å². The number of piperidine rings is 1. The summed E-state index contributed by atoms with van der Waals surface area (Å²) < 4.78 is 0. The molecule has 0 aromatic rings. The summed E-state index contributed by atoms with van der Waals surface area (Å²) in [4.78, 5) is 24.3. The Morgan fingerprint density at radius 2 is 2.06 bits per heavy atom. The Bertz CT molecular complexity index is 275. The van der Waals surface area contributed by atoms with Crippen LogP contribution >= 0.6 is 0 Å². The van der Waals surface area contributed by atoms with Crippen LogP contribution in [-0.4, -0.2) is 47.2 Å². The number of amides is 2. The van der Waals surface area contributed by atoms with Crippen LogP contribution in [0.3, 0.4) is 0 Å². The number of likely N-dealkylation sites (tertiary alicyclic amines) is 1. The Balaban J connectivity index is 2.44. The van der Waals surface area contributed by atoms with E-state index < -0.39 is 12.0 Å². The summed E-state index contributed by atoms with van der Waals surface area (Å²) in [6.45, 7) is 3.10. The Morgan fingerprint density at radius 3 is 2.53 bits per heavy atom. The van der Waals surface area contributed by atoms with Crippen LogP contribution in [-0.2, 0) is 4.79 Å². The average molecular weight is 243 g/mol. The lowest BCUT2D eigenvalue weighted by atomic mass is 10.1. The van der Waals surface area contributed by atoms with Gasteiger partial charge in [0.25, 0.3) is 0 Å². The van der Waals surface area contributed by atoms with E-state index in [4.69, 9.17) is 10.8 Å². The van der Waals surface area contributed by atoms with Gasteiger partial charge in [0.15, 0.2) is 0 Å². The van der Waals surface area contributed by atoms with Gasteiger partial charge in [0.1, 0.15) is 6.04 Å². The molecule has 1 saturated heterocycles. The Hall–Kier alpha value is -1.30. The number of nitrogens with one attached hydrogen (secondary N) is 1. The lowest BCUT2D eigenvalue weighted by Gasteiger charge is -2.31. The van der Waals surface area contributed by atoms with E-state index in [0.717, 1.165) is 19.3 Å². The summed E-state index contributed by atoms with van der Waals surface area (Å²) in [7, 11) is 0. The van der Waals surface area contributed by atoms with E-state index in [1.54, 1.807) is 4.90 Å². The highest BCUT2D eigenvalue weighted by Crippen LogP contribution is 2.08. The van der Waals surface area contributed by atoms with Crippen LogP contribution < -0.4 is 11.1 Å². The number of nitrogens with zero attached hydrogens (tertiary/aromatic N) is 1. The van der Waals surface area contributed by atoms with Crippen molar-refractivity contribution >= 4 is 12.0 Å². The second-order valence-corrected chi connectivity index (χ2v) is 4.45. The molecule has 1 fully saturated rings. The molecular weight excluding hydrogens is 222 g/mol. The van der Waals surface area contributed by atoms with Crippen molar-refractivity contribution in [3.8, 4) is 0 Å². The quantitative estimate of drug-likeness (QED) is 0.664. The molecule has 0 aliphatic carbocycles. The largest absolute Gasteiger partial charge is 0.480 e. The lowest BCUT2D eigenvalue weighted by Crippen LogP contribution is -2.51. The number of nitrogens with two attached hydrogens (primary N) is 1. The Kier molecular flexibility index (Phi) is 5.21. The summed E-state index contributed by atoms with van der Waals surface area (Å²) in [5, 5.41) is 11.5. The van der Waals surface area contributed by atoms with Gasteiger partial charge in [0.2, 0.25) is 0 Å². The van der Waals surface area contributed by atoms with Crippen LogP contribution in [0.5, 0.6) is 0 Å². The first-order valence-corrected chi connectivity index (χ1v) is 6.08. The van der Waals surface area contributed by atoms with Gasteiger partial charge >= 0.3 is 12.0 Å². The molecule has 2 amide bonds. The van der Waals surface area contributed by atoms with Gasteiger partial charge in [-0.1, -0.05) is 13.3 Å². The molecule has 1 heterocycles. The molecule has 17 heavy (non-hydrogen) atoms. The molecule has 1 aliphatic rings. The Morgan fingerprint density at radius 1 is 1.47 bits per heavy atom. The zero-order valence-electron chi connectivity index (χ0n) is 10.2. The molecule has 0 aromatic heterocycles. The molecule has 0 aromatic carbocycles. The molecule has 1 rings (SSSR count). The summed E-state index contributed by atoms with van der Waals surface area (Å²) >= 11 is 0. The van der Waals surface area contributed by atoms with Gasteiger partial charge in [-0.25, -0.2) is 9.59 Å². The second kappa shape index (κ2) is 6.44. The number of urea groups is 1. The first kappa shape index (κ1) is 13.8. The van der Waals surface area contributed by atoms with E-state index in [2.05, 4.69) is 5.32 Å². The smallest absolute Gasteiger partial charge is 0.326 e. The van der Waals surface area contributed by atoms with Crippen molar-refractivity contribution in [2.75, 3.05) is 13.1 Å². The molecule has 0 saturated carbocycles. The lowest BCUT2D eigenvalue weighted by molar-refractivity contribution is -0.139. The highest BCUT2D eigenvalue weighted by Gasteiger charge is 2.24. The number of carbonyl (C=O) groups is 2. The van der Waals surface area contributed by atoms with Crippen LogP contribution in [0.1, 0.15) is 32.6 Å². The molecule has 4 N–H and O–H groups in total. The maximum atomic E-state index is 11.8. The molecule has 6 nitrogen and oxygen atoms in total. The summed E-state index contributed by atoms with van der Waals surface area (Å²) in [5.74, 6) is -0.978. The predicted octanol–water partition coefficient (Wildman–Crippen LogP) is 0.372. The summed E-state index contributed by atoms with van der Waals surface area (Å²) in [6.07, 6.45) is 2.73. The zero-order valence-corrected chi connectivity index (χ0v) is 10.2. The molecule has 1 atom stereocenters. The minimum Gasteiger partial charge on any atom is -0.480 e. The van der Waals surface area contributed by atoms with E-state index in [-0.39, 0.29) is 12.1 Å². The zero-order chi connectivity index (χ0) is 12.8. The highest BCUT2D eigenvalue weighted by atomic mass is 16.4. The molecule has 0 radical (unpaired) electrons. The molecule has 1 aliphatic heterocycles. The van der Waals surface area contributed by atoms with Gasteiger partial charge in [-0.15, -0.1) is 0 Å². The maximum absolute atomic E-state index is 11.8. The molecule has 98 valence electrons. The number of carbonyl (C=O) groups excluding carboxylic acids is 1. The van der Waals surface area contributed by atoms with Crippen LogP contribution in [0, 0.1) is 0 Å². The van der Waals surface area contributed by atoms with Gasteiger partial charge < -0.3 is 21.1 Å². The fourth-order valence-electron chi connectivity index (χ4n) is 1.89. The average Bonchev–Trinajstić information content (AvgIpc) is 2.29. The standard InChI is InChI=1S/C11H21N3O3/c1-2-3-9(10(15)16)13-11(17)14-6-4-8(12)5-7-14/h8-9H,2-7,12H2,1H3,(H,13,17)(H,15,16)/t9-/m0/s1. The van der Waals surface area contributed by atoms with Gasteiger partial charge in [-0.3, -0.25) is 0 Å².